The van der Waals surface area contributed by atoms with E-state index in [1.165, 1.54) is 0 Å². The van der Waals surface area contributed by atoms with Gasteiger partial charge in [-0.3, -0.25) is 0 Å². The third-order valence-corrected chi connectivity index (χ3v) is 3.45. The highest BCUT2D eigenvalue weighted by atomic mass is 16.5. The predicted molar refractivity (Wildman–Crippen MR) is 76.2 cm³/mol. The molecule has 0 amide bonds. The first-order valence-corrected chi connectivity index (χ1v) is 6.16. The van der Waals surface area contributed by atoms with E-state index in [-0.39, 0.29) is 5.69 Å². The number of H-pyrrole nitrogens is 1. The van der Waals surface area contributed by atoms with Crippen LogP contribution >= 0.6 is 0 Å². The van der Waals surface area contributed by atoms with E-state index in [1.54, 1.807) is 30.9 Å². The van der Waals surface area contributed by atoms with Gasteiger partial charge >= 0.3 is 5.97 Å². The minimum Gasteiger partial charge on any atom is -0.497 e. The Balaban J connectivity index is 2.12. The summed E-state index contributed by atoms with van der Waals surface area (Å²) in [4.78, 5) is 14.4. The Morgan fingerprint density at radius 1 is 1.25 bits per heavy atom. The molecule has 0 bridgehead atoms. The zero-order chi connectivity index (χ0) is 14.3. The average molecular weight is 270 g/mol. The van der Waals surface area contributed by atoms with Gasteiger partial charge in [-0.05, 0) is 30.3 Å². The molecule has 0 aliphatic carbocycles. The lowest BCUT2D eigenvalue weighted by atomic mass is 10.2. The van der Waals surface area contributed by atoms with E-state index in [4.69, 9.17) is 9.84 Å². The summed E-state index contributed by atoms with van der Waals surface area (Å²) < 4.78 is 6.85. The summed E-state index contributed by atoms with van der Waals surface area (Å²) in [6.45, 7) is 0. The number of carboxylic acid groups (broad SMARTS) is 1. The van der Waals surface area contributed by atoms with Gasteiger partial charge in [0, 0.05) is 24.0 Å². The smallest absolute Gasteiger partial charge is 0.352 e. The van der Waals surface area contributed by atoms with E-state index >= 15 is 0 Å². The molecule has 2 aromatic heterocycles. The average Bonchev–Trinajstić information content (AvgIpc) is 3.00. The van der Waals surface area contributed by atoms with E-state index in [9.17, 15) is 4.79 Å². The van der Waals surface area contributed by atoms with Crippen molar-refractivity contribution in [3.63, 3.8) is 0 Å². The van der Waals surface area contributed by atoms with E-state index in [0.29, 0.717) is 0 Å². The Morgan fingerprint density at radius 3 is 2.70 bits per heavy atom. The molecule has 20 heavy (non-hydrogen) atoms. The molecule has 102 valence electrons. The fourth-order valence-corrected chi connectivity index (χ4v) is 2.37. The lowest BCUT2D eigenvalue weighted by Gasteiger charge is -2.02. The van der Waals surface area contributed by atoms with Crippen LogP contribution in [0.5, 0.6) is 5.75 Å². The molecule has 0 saturated carbocycles. The van der Waals surface area contributed by atoms with E-state index in [0.717, 1.165) is 28.0 Å². The molecule has 0 spiro atoms. The molecular weight excluding hydrogens is 256 g/mol. The van der Waals surface area contributed by atoms with Crippen LogP contribution in [0.3, 0.4) is 0 Å². The lowest BCUT2D eigenvalue weighted by Crippen LogP contribution is -2.05. The van der Waals surface area contributed by atoms with Crippen LogP contribution < -0.4 is 4.74 Å². The third kappa shape index (κ3) is 1.84. The van der Waals surface area contributed by atoms with Crippen molar-refractivity contribution in [3.05, 3.63) is 42.1 Å². The number of hydrogen-bond acceptors (Lipinski definition) is 2. The summed E-state index contributed by atoms with van der Waals surface area (Å²) in [6, 6.07) is 11.2. The summed E-state index contributed by atoms with van der Waals surface area (Å²) in [6.07, 6.45) is 0. The van der Waals surface area contributed by atoms with Gasteiger partial charge in [0.25, 0.3) is 0 Å². The maximum Gasteiger partial charge on any atom is 0.352 e. The molecule has 0 unspecified atom stereocenters. The quantitative estimate of drug-likeness (QED) is 0.769. The molecule has 2 N–H and O–H groups in total. The Kier molecular flexibility index (Phi) is 2.75. The summed E-state index contributed by atoms with van der Waals surface area (Å²) in [5.74, 6) is -0.152. The van der Waals surface area contributed by atoms with Crippen LogP contribution in [-0.4, -0.2) is 27.7 Å². The third-order valence-electron chi connectivity index (χ3n) is 3.45. The molecule has 5 nitrogen and oxygen atoms in total. The van der Waals surface area contributed by atoms with Crippen LogP contribution in [0.15, 0.2) is 36.4 Å². The summed E-state index contributed by atoms with van der Waals surface area (Å²) in [5, 5.41) is 10.1. The van der Waals surface area contributed by atoms with Gasteiger partial charge in [0.2, 0.25) is 0 Å². The standard InChI is InChI=1S/C15H14N2O3/c1-17-13(5-6-14(17)15(18)19)12-7-9-3-4-10(20-2)8-11(9)16-12/h3-8,16H,1-2H3,(H,18,19). The zero-order valence-electron chi connectivity index (χ0n) is 11.2. The maximum atomic E-state index is 11.1. The number of carbonyl (C=O) groups is 1. The number of methoxy groups -OCH3 is 1. The number of nitrogens with zero attached hydrogens (tertiary/aromatic N) is 1. The summed E-state index contributed by atoms with van der Waals surface area (Å²) in [5.41, 5.74) is 2.93. The molecule has 0 radical (unpaired) electrons. The molecule has 0 fully saturated rings. The fraction of sp³-hybridized carbons (Fsp3) is 0.133. The number of aromatic amines is 1. The minimum absolute atomic E-state index is 0.260. The van der Waals surface area contributed by atoms with Crippen molar-refractivity contribution in [1.82, 2.24) is 9.55 Å². The second-order valence-electron chi connectivity index (χ2n) is 4.60. The van der Waals surface area contributed by atoms with E-state index in [2.05, 4.69) is 4.98 Å². The van der Waals surface area contributed by atoms with Crippen molar-refractivity contribution in [3.8, 4) is 17.1 Å². The van der Waals surface area contributed by atoms with Crippen LogP contribution in [0.2, 0.25) is 0 Å². The number of aromatic carboxylic acids is 1. The van der Waals surface area contributed by atoms with E-state index < -0.39 is 5.97 Å². The van der Waals surface area contributed by atoms with Crippen LogP contribution in [-0.2, 0) is 7.05 Å². The fourth-order valence-electron chi connectivity index (χ4n) is 2.37. The van der Waals surface area contributed by atoms with Gasteiger partial charge in [0.1, 0.15) is 11.4 Å². The van der Waals surface area contributed by atoms with Crippen molar-refractivity contribution in [2.75, 3.05) is 7.11 Å². The highest BCUT2D eigenvalue weighted by molar-refractivity contribution is 5.89. The SMILES string of the molecule is COc1ccc2cc(-c3ccc(C(=O)O)n3C)[nH]c2c1. The number of nitrogens with one attached hydrogen (secondary N) is 1. The Morgan fingerprint density at radius 2 is 2.05 bits per heavy atom. The summed E-state index contributed by atoms with van der Waals surface area (Å²) >= 11 is 0. The molecule has 0 aliphatic heterocycles. The van der Waals surface area contributed by atoms with Crippen molar-refractivity contribution in [1.29, 1.82) is 0 Å². The van der Waals surface area contributed by atoms with Crippen molar-refractivity contribution < 1.29 is 14.6 Å². The first kappa shape index (κ1) is 12.3. The van der Waals surface area contributed by atoms with Gasteiger partial charge in [-0.15, -0.1) is 0 Å². The molecular formula is C15H14N2O3. The molecule has 3 rings (SSSR count). The molecule has 0 saturated heterocycles. The first-order chi connectivity index (χ1) is 9.60. The van der Waals surface area contributed by atoms with Crippen molar-refractivity contribution in [2.24, 2.45) is 7.05 Å². The minimum atomic E-state index is -0.934. The number of ether oxygens (including phenoxy) is 1. The van der Waals surface area contributed by atoms with Crippen molar-refractivity contribution in [2.45, 2.75) is 0 Å². The Hall–Kier alpha value is -2.69. The van der Waals surface area contributed by atoms with Gasteiger partial charge in [-0.25, -0.2) is 4.79 Å². The zero-order valence-corrected chi connectivity index (χ0v) is 11.2. The number of benzene rings is 1. The molecule has 2 heterocycles. The Bertz CT molecular complexity index is 799. The van der Waals surface area contributed by atoms with Gasteiger partial charge in [-0.1, -0.05) is 0 Å². The molecule has 0 aliphatic rings. The molecule has 3 aromatic rings. The van der Waals surface area contributed by atoms with Gasteiger partial charge in [0.05, 0.1) is 18.5 Å². The summed E-state index contributed by atoms with van der Waals surface area (Å²) in [7, 11) is 3.37. The van der Waals surface area contributed by atoms with E-state index in [1.807, 2.05) is 24.3 Å². The number of hydrogen-bond donors (Lipinski definition) is 2. The highest BCUT2D eigenvalue weighted by Crippen LogP contribution is 2.27. The number of fused-ring (bicyclic) bond motifs is 1. The normalized spacial score (nSPS) is 10.9. The first-order valence-electron chi connectivity index (χ1n) is 6.16. The van der Waals surface area contributed by atoms with Gasteiger partial charge in [-0.2, -0.15) is 0 Å². The Labute approximate surface area is 115 Å². The maximum absolute atomic E-state index is 11.1. The number of aromatic nitrogens is 2. The van der Waals surface area contributed by atoms with Crippen LogP contribution in [0.1, 0.15) is 10.5 Å². The molecule has 5 heteroatoms. The second-order valence-corrected chi connectivity index (χ2v) is 4.60. The van der Waals surface area contributed by atoms with Gasteiger partial charge < -0.3 is 19.4 Å². The van der Waals surface area contributed by atoms with Crippen molar-refractivity contribution >= 4 is 16.9 Å². The number of rotatable bonds is 3. The lowest BCUT2D eigenvalue weighted by molar-refractivity contribution is 0.0687. The number of carboxylic acids is 1. The largest absolute Gasteiger partial charge is 0.497 e. The molecule has 0 atom stereocenters. The topological polar surface area (TPSA) is 67.2 Å². The molecule has 1 aromatic carbocycles. The van der Waals surface area contributed by atoms with Crippen LogP contribution in [0.4, 0.5) is 0 Å². The van der Waals surface area contributed by atoms with Gasteiger partial charge in [0.15, 0.2) is 0 Å². The van der Waals surface area contributed by atoms with Crippen LogP contribution in [0, 0.1) is 0 Å². The second kappa shape index (κ2) is 4.45. The monoisotopic (exact) mass is 270 g/mol. The highest BCUT2D eigenvalue weighted by Gasteiger charge is 2.13. The predicted octanol–water partition coefficient (Wildman–Crippen LogP) is 2.88. The van der Waals surface area contributed by atoms with Crippen LogP contribution in [0.25, 0.3) is 22.3 Å².